The first-order chi connectivity index (χ1) is 16.1. The molecule has 176 valence electrons. The number of carbonyl (C=O) groups is 1. The van der Waals surface area contributed by atoms with Crippen molar-refractivity contribution in [2.45, 2.75) is 12.5 Å². The maximum Gasteiger partial charge on any atom is 0.268 e. The summed E-state index contributed by atoms with van der Waals surface area (Å²) in [4.78, 5) is 15.8. The van der Waals surface area contributed by atoms with Crippen LogP contribution in [0, 0.1) is 0 Å². The number of fused-ring (bicyclic) bond motifs is 1. The number of nitrogens with one attached hydrogen (secondary N) is 1. The van der Waals surface area contributed by atoms with Gasteiger partial charge in [0.15, 0.2) is 0 Å². The molecule has 34 heavy (non-hydrogen) atoms. The number of likely N-dealkylation sites (N-methyl/N-ethyl adjacent to an activating group) is 1. The molecule has 0 atom stereocenters. The zero-order valence-electron chi connectivity index (χ0n) is 19.8. The Balaban J connectivity index is 0.00000324. The lowest BCUT2D eigenvalue weighted by Gasteiger charge is -2.21. The van der Waals surface area contributed by atoms with Gasteiger partial charge in [-0.05, 0) is 31.3 Å². The van der Waals surface area contributed by atoms with Crippen molar-refractivity contribution in [3.8, 4) is 0 Å². The average molecular weight is 474 g/mol. The van der Waals surface area contributed by atoms with Crippen molar-refractivity contribution in [2.75, 3.05) is 27.2 Å². The second kappa shape index (κ2) is 11.7. The summed E-state index contributed by atoms with van der Waals surface area (Å²) < 4.78 is 2.18. The molecule has 0 saturated heterocycles. The number of hydrogen-bond acceptors (Lipinski definition) is 2. The molecule has 4 aromatic rings. The Morgan fingerprint density at radius 3 is 2.06 bits per heavy atom. The number of halogens is 1. The van der Waals surface area contributed by atoms with Crippen LogP contribution in [-0.2, 0) is 6.54 Å². The van der Waals surface area contributed by atoms with Crippen molar-refractivity contribution >= 4 is 29.2 Å². The molecule has 0 unspecified atom stereocenters. The maximum absolute atomic E-state index is 13.6. The molecule has 1 aromatic heterocycles. The highest BCUT2D eigenvalue weighted by Crippen LogP contribution is 2.40. The summed E-state index contributed by atoms with van der Waals surface area (Å²) in [6, 6.07) is 29.3. The van der Waals surface area contributed by atoms with E-state index in [-0.39, 0.29) is 24.2 Å². The fourth-order valence-electron chi connectivity index (χ4n) is 4.46. The van der Waals surface area contributed by atoms with E-state index >= 15 is 0 Å². The van der Waals surface area contributed by atoms with Gasteiger partial charge >= 0.3 is 0 Å². The summed E-state index contributed by atoms with van der Waals surface area (Å²) in [6.07, 6.45) is 1.72. The van der Waals surface area contributed by atoms with Crippen molar-refractivity contribution < 1.29 is 4.79 Å². The van der Waals surface area contributed by atoms with E-state index in [1.54, 1.807) is 6.08 Å². The summed E-state index contributed by atoms with van der Waals surface area (Å²) in [5.74, 6) is -0.140. The molecule has 0 aliphatic rings. The first-order valence-electron chi connectivity index (χ1n) is 11.4. The van der Waals surface area contributed by atoms with Gasteiger partial charge in [0.25, 0.3) is 5.91 Å². The van der Waals surface area contributed by atoms with Gasteiger partial charge in [-0.3, -0.25) is 4.79 Å². The quantitative estimate of drug-likeness (QED) is 0.315. The molecule has 0 aliphatic carbocycles. The van der Waals surface area contributed by atoms with Gasteiger partial charge in [-0.15, -0.1) is 19.0 Å². The molecule has 4 nitrogen and oxygen atoms in total. The van der Waals surface area contributed by atoms with Gasteiger partial charge in [0.2, 0.25) is 0 Å². The highest BCUT2D eigenvalue weighted by atomic mass is 35.5. The molecule has 0 fully saturated rings. The maximum atomic E-state index is 13.6. The second-order valence-electron chi connectivity index (χ2n) is 8.49. The lowest BCUT2D eigenvalue weighted by molar-refractivity contribution is 0.0947. The minimum atomic E-state index is -0.0725. The first-order valence-corrected chi connectivity index (χ1v) is 11.4. The van der Waals surface area contributed by atoms with E-state index in [1.165, 1.54) is 0 Å². The van der Waals surface area contributed by atoms with Gasteiger partial charge in [-0.2, -0.15) is 0 Å². The van der Waals surface area contributed by atoms with Gasteiger partial charge in [-0.25, -0.2) is 0 Å². The zero-order valence-corrected chi connectivity index (χ0v) is 20.6. The summed E-state index contributed by atoms with van der Waals surface area (Å²) >= 11 is 0. The summed E-state index contributed by atoms with van der Waals surface area (Å²) in [6.45, 7) is 5.76. The normalized spacial score (nSPS) is 10.9. The number of para-hydroxylation sites is 1. The van der Waals surface area contributed by atoms with Gasteiger partial charge in [0.05, 0.1) is 0 Å². The molecule has 5 heteroatoms. The molecule has 0 spiro atoms. The van der Waals surface area contributed by atoms with Gasteiger partial charge < -0.3 is 14.8 Å². The predicted octanol–water partition coefficient (Wildman–Crippen LogP) is 5.72. The number of rotatable bonds is 9. The SMILES string of the molecule is C=CCNC(=O)c1c(C(c2ccccc2)c2ccccc2)c2ccccc2n1CCN(C)C.Cl. The van der Waals surface area contributed by atoms with Crippen LogP contribution in [0.1, 0.15) is 33.1 Å². The lowest BCUT2D eigenvalue weighted by atomic mass is 9.83. The molecule has 1 heterocycles. The van der Waals surface area contributed by atoms with Crippen LogP contribution in [0.25, 0.3) is 10.9 Å². The molecule has 0 bridgehead atoms. The van der Waals surface area contributed by atoms with Crippen molar-refractivity contribution in [3.63, 3.8) is 0 Å². The van der Waals surface area contributed by atoms with Crippen LogP contribution in [0.3, 0.4) is 0 Å². The number of carbonyl (C=O) groups excluding carboxylic acids is 1. The zero-order chi connectivity index (χ0) is 23.2. The van der Waals surface area contributed by atoms with E-state index in [9.17, 15) is 4.79 Å². The Morgan fingerprint density at radius 1 is 0.941 bits per heavy atom. The molecule has 0 aliphatic heterocycles. The molecule has 3 aromatic carbocycles. The third kappa shape index (κ3) is 5.24. The number of nitrogens with zero attached hydrogens (tertiary/aromatic N) is 2. The van der Waals surface area contributed by atoms with Crippen LogP contribution in [0.5, 0.6) is 0 Å². The smallest absolute Gasteiger partial charge is 0.268 e. The first kappa shape index (κ1) is 25.3. The minimum absolute atomic E-state index is 0. The minimum Gasteiger partial charge on any atom is -0.347 e. The second-order valence-corrected chi connectivity index (χ2v) is 8.49. The number of benzene rings is 3. The Labute approximate surface area is 208 Å². The van der Waals surface area contributed by atoms with Crippen LogP contribution < -0.4 is 5.32 Å². The fraction of sp³-hybridized carbons (Fsp3) is 0.207. The lowest BCUT2D eigenvalue weighted by Crippen LogP contribution is -2.29. The van der Waals surface area contributed by atoms with Crippen molar-refractivity contribution in [1.29, 1.82) is 0 Å². The van der Waals surface area contributed by atoms with Crippen LogP contribution in [-0.4, -0.2) is 42.6 Å². The van der Waals surface area contributed by atoms with Crippen molar-refractivity contribution in [2.24, 2.45) is 0 Å². The van der Waals surface area contributed by atoms with Crippen molar-refractivity contribution in [1.82, 2.24) is 14.8 Å². The molecular weight excluding hydrogens is 442 g/mol. The van der Waals surface area contributed by atoms with Gasteiger partial charge in [0, 0.05) is 42.0 Å². The third-order valence-electron chi connectivity index (χ3n) is 5.96. The third-order valence-corrected chi connectivity index (χ3v) is 5.96. The molecular formula is C29H32ClN3O. The highest BCUT2D eigenvalue weighted by Gasteiger charge is 2.29. The topological polar surface area (TPSA) is 37.3 Å². The van der Waals surface area contributed by atoms with E-state index < -0.39 is 0 Å². The van der Waals surface area contributed by atoms with Gasteiger partial charge in [-0.1, -0.05) is 84.9 Å². The van der Waals surface area contributed by atoms with E-state index in [4.69, 9.17) is 0 Å². The molecule has 4 rings (SSSR count). The highest BCUT2D eigenvalue weighted by molar-refractivity contribution is 6.03. The van der Waals surface area contributed by atoms with Crippen LogP contribution >= 0.6 is 12.4 Å². The van der Waals surface area contributed by atoms with Crippen molar-refractivity contribution in [3.05, 3.63) is 120 Å². The number of aromatic nitrogens is 1. The van der Waals surface area contributed by atoms with Crippen LogP contribution in [0.4, 0.5) is 0 Å². The average Bonchev–Trinajstić information content (AvgIpc) is 3.17. The predicted molar refractivity (Wildman–Crippen MR) is 144 cm³/mol. The summed E-state index contributed by atoms with van der Waals surface area (Å²) in [5, 5.41) is 4.15. The van der Waals surface area contributed by atoms with E-state index in [2.05, 4.69) is 102 Å². The summed E-state index contributed by atoms with van der Waals surface area (Å²) in [7, 11) is 4.11. The standard InChI is InChI=1S/C29H31N3O.ClH/c1-4-19-30-29(33)28-27(24-17-11-12-18-25(24)32(28)21-20-31(2)3)26(22-13-7-5-8-14-22)23-15-9-6-10-16-23;/h4-18,26H,1,19-21H2,2-3H3,(H,30,33);1H. The summed E-state index contributed by atoms with van der Waals surface area (Å²) in [5.41, 5.74) is 5.17. The fourth-order valence-corrected chi connectivity index (χ4v) is 4.46. The monoisotopic (exact) mass is 473 g/mol. The van der Waals surface area contributed by atoms with Crippen LogP contribution in [0.2, 0.25) is 0 Å². The van der Waals surface area contributed by atoms with E-state index in [1.807, 2.05) is 18.2 Å². The Bertz CT molecular complexity index is 1190. The molecule has 0 radical (unpaired) electrons. The van der Waals surface area contributed by atoms with E-state index in [0.717, 1.165) is 46.4 Å². The molecule has 1 N–H and O–H groups in total. The largest absolute Gasteiger partial charge is 0.347 e. The van der Waals surface area contributed by atoms with Gasteiger partial charge in [0.1, 0.15) is 5.69 Å². The Morgan fingerprint density at radius 2 is 1.50 bits per heavy atom. The number of amides is 1. The molecule has 0 saturated carbocycles. The van der Waals surface area contributed by atoms with E-state index in [0.29, 0.717) is 6.54 Å². The Hall–Kier alpha value is -3.34. The van der Waals surface area contributed by atoms with Crippen LogP contribution in [0.15, 0.2) is 97.6 Å². The Kier molecular flexibility index (Phi) is 8.69. The number of hydrogen-bond donors (Lipinski definition) is 1. The molecule has 1 amide bonds.